The van der Waals surface area contributed by atoms with Gasteiger partial charge in [-0.2, -0.15) is 0 Å². The normalized spacial score (nSPS) is 14.7. The number of aryl methyl sites for hydroxylation is 1. The van der Waals surface area contributed by atoms with Crippen molar-refractivity contribution in [1.29, 1.82) is 0 Å². The van der Waals surface area contributed by atoms with Gasteiger partial charge in [0.1, 0.15) is 5.82 Å². The first-order valence-electron chi connectivity index (χ1n) is 7.44. The van der Waals surface area contributed by atoms with E-state index in [2.05, 4.69) is 25.3 Å². The minimum absolute atomic E-state index is 0.283. The molecule has 2 rings (SSSR count). The molecule has 0 spiro atoms. The summed E-state index contributed by atoms with van der Waals surface area (Å²) < 4.78 is 2.28. The monoisotopic (exact) mass is 293 g/mol. The zero-order valence-electron chi connectivity index (χ0n) is 12.6. The van der Waals surface area contributed by atoms with Gasteiger partial charge in [0.05, 0.1) is 11.0 Å². The Morgan fingerprint density at radius 1 is 1.30 bits per heavy atom. The maximum atomic E-state index is 6.10. The van der Waals surface area contributed by atoms with Crippen LogP contribution in [-0.4, -0.2) is 15.6 Å². The molecule has 0 aliphatic rings. The average Bonchev–Trinajstić information content (AvgIpc) is 2.75. The Balaban J connectivity index is 2.24. The lowest BCUT2D eigenvalue weighted by molar-refractivity contribution is 0.528. The van der Waals surface area contributed by atoms with Crippen LogP contribution < -0.4 is 5.73 Å². The van der Waals surface area contributed by atoms with Gasteiger partial charge in [0.2, 0.25) is 0 Å². The summed E-state index contributed by atoms with van der Waals surface area (Å²) in [6.45, 7) is 7.38. The summed E-state index contributed by atoms with van der Waals surface area (Å²) in [5, 5.41) is 0.767. The number of nitrogens with zero attached hydrogens (tertiary/aromatic N) is 2. The van der Waals surface area contributed by atoms with E-state index < -0.39 is 0 Å². The average molecular weight is 294 g/mol. The highest BCUT2D eigenvalue weighted by molar-refractivity contribution is 6.31. The molecule has 2 atom stereocenters. The summed E-state index contributed by atoms with van der Waals surface area (Å²) >= 11 is 6.10. The first kappa shape index (κ1) is 15.3. The van der Waals surface area contributed by atoms with E-state index in [1.54, 1.807) is 0 Å². The number of aromatic nitrogens is 2. The molecular formula is C16H24ClN3. The smallest absolute Gasteiger partial charge is 0.112 e. The first-order valence-corrected chi connectivity index (χ1v) is 7.82. The van der Waals surface area contributed by atoms with E-state index in [9.17, 15) is 0 Å². The first-order chi connectivity index (χ1) is 9.52. The van der Waals surface area contributed by atoms with Crippen LogP contribution in [-0.2, 0) is 6.54 Å². The number of fused-ring (bicyclic) bond motifs is 1. The van der Waals surface area contributed by atoms with Crippen LogP contribution in [0, 0.1) is 0 Å². The van der Waals surface area contributed by atoms with Crippen LogP contribution in [0.4, 0.5) is 0 Å². The number of rotatable bonds is 6. The molecule has 0 aliphatic heterocycles. The summed E-state index contributed by atoms with van der Waals surface area (Å²) in [5.74, 6) is 1.61. The Morgan fingerprint density at radius 2 is 2.05 bits per heavy atom. The molecule has 0 radical (unpaired) electrons. The number of imidazole rings is 1. The summed E-state index contributed by atoms with van der Waals surface area (Å²) in [7, 11) is 0. The van der Waals surface area contributed by atoms with Crippen molar-refractivity contribution in [1.82, 2.24) is 9.55 Å². The fourth-order valence-electron chi connectivity index (χ4n) is 2.70. The van der Waals surface area contributed by atoms with Crippen LogP contribution in [0.2, 0.25) is 5.02 Å². The fraction of sp³-hybridized carbons (Fsp3) is 0.562. The van der Waals surface area contributed by atoms with E-state index in [0.29, 0.717) is 5.92 Å². The molecule has 2 N–H and O–H groups in total. The second kappa shape index (κ2) is 6.59. The van der Waals surface area contributed by atoms with Gasteiger partial charge in [-0.15, -0.1) is 0 Å². The fourth-order valence-corrected chi connectivity index (χ4v) is 2.86. The Labute approximate surface area is 126 Å². The van der Waals surface area contributed by atoms with Gasteiger partial charge < -0.3 is 10.3 Å². The summed E-state index contributed by atoms with van der Waals surface area (Å²) in [6.07, 6.45) is 3.34. The van der Waals surface area contributed by atoms with Crippen LogP contribution >= 0.6 is 11.6 Å². The van der Waals surface area contributed by atoms with E-state index in [1.165, 1.54) is 0 Å². The molecule has 0 fully saturated rings. The molecule has 3 nitrogen and oxygen atoms in total. The SMILES string of the molecule is CCn1c(C(C)CCCC(C)N)nc2ccc(Cl)cc21. The Morgan fingerprint density at radius 3 is 2.70 bits per heavy atom. The number of hydrogen-bond acceptors (Lipinski definition) is 2. The molecule has 0 bridgehead atoms. The largest absolute Gasteiger partial charge is 0.328 e. The third kappa shape index (κ3) is 3.33. The van der Waals surface area contributed by atoms with Crippen molar-refractivity contribution < 1.29 is 0 Å². The topological polar surface area (TPSA) is 43.8 Å². The van der Waals surface area contributed by atoms with E-state index >= 15 is 0 Å². The Hall–Kier alpha value is -1.06. The molecule has 2 unspecified atom stereocenters. The highest BCUT2D eigenvalue weighted by Crippen LogP contribution is 2.27. The molecule has 4 heteroatoms. The van der Waals surface area contributed by atoms with Crippen LogP contribution in [0.5, 0.6) is 0 Å². The molecule has 1 aromatic carbocycles. The van der Waals surface area contributed by atoms with Crippen LogP contribution in [0.3, 0.4) is 0 Å². The van der Waals surface area contributed by atoms with E-state index in [-0.39, 0.29) is 6.04 Å². The number of hydrogen-bond donors (Lipinski definition) is 1. The third-order valence-corrected chi connectivity index (χ3v) is 4.03. The standard InChI is InChI=1S/C16H24ClN3/c1-4-20-15-10-13(17)8-9-14(15)19-16(20)11(2)6-5-7-12(3)18/h8-12H,4-7,18H2,1-3H3. The molecule has 0 saturated heterocycles. The summed E-state index contributed by atoms with van der Waals surface area (Å²) in [4.78, 5) is 4.80. The molecule has 110 valence electrons. The molecule has 0 amide bonds. The van der Waals surface area contributed by atoms with Crippen molar-refractivity contribution in [3.63, 3.8) is 0 Å². The third-order valence-electron chi connectivity index (χ3n) is 3.79. The van der Waals surface area contributed by atoms with Crippen molar-refractivity contribution in [2.75, 3.05) is 0 Å². The van der Waals surface area contributed by atoms with Crippen molar-refractivity contribution in [2.24, 2.45) is 5.73 Å². The molecule has 0 saturated carbocycles. The van der Waals surface area contributed by atoms with Gasteiger partial charge in [0.25, 0.3) is 0 Å². The van der Waals surface area contributed by atoms with Gasteiger partial charge in [-0.05, 0) is 44.9 Å². The molecular weight excluding hydrogens is 270 g/mol. The number of nitrogens with two attached hydrogens (primary N) is 1. The highest BCUT2D eigenvalue weighted by atomic mass is 35.5. The van der Waals surface area contributed by atoms with Gasteiger partial charge in [-0.1, -0.05) is 24.9 Å². The molecule has 20 heavy (non-hydrogen) atoms. The molecule has 2 aromatic rings. The van der Waals surface area contributed by atoms with Crippen molar-refractivity contribution >= 4 is 22.6 Å². The van der Waals surface area contributed by atoms with E-state index in [4.69, 9.17) is 22.3 Å². The highest BCUT2D eigenvalue weighted by Gasteiger charge is 2.16. The van der Waals surface area contributed by atoms with Crippen LogP contribution in [0.15, 0.2) is 18.2 Å². The van der Waals surface area contributed by atoms with Crippen molar-refractivity contribution in [2.45, 2.75) is 58.5 Å². The quantitative estimate of drug-likeness (QED) is 0.861. The molecule has 1 aromatic heterocycles. The lowest BCUT2D eigenvalue weighted by atomic mass is 10.0. The van der Waals surface area contributed by atoms with E-state index in [0.717, 1.165) is 47.7 Å². The van der Waals surface area contributed by atoms with Gasteiger partial charge >= 0.3 is 0 Å². The van der Waals surface area contributed by atoms with Gasteiger partial charge in [0.15, 0.2) is 0 Å². The Bertz CT molecular complexity index is 574. The Kier molecular flexibility index (Phi) is 5.06. The maximum absolute atomic E-state index is 6.10. The minimum atomic E-state index is 0.283. The van der Waals surface area contributed by atoms with Gasteiger partial charge in [-0.25, -0.2) is 4.98 Å². The van der Waals surface area contributed by atoms with Crippen molar-refractivity contribution in [3.05, 3.63) is 29.0 Å². The van der Waals surface area contributed by atoms with Gasteiger partial charge in [0, 0.05) is 23.5 Å². The van der Waals surface area contributed by atoms with Crippen molar-refractivity contribution in [3.8, 4) is 0 Å². The lowest BCUT2D eigenvalue weighted by Gasteiger charge is -2.14. The van der Waals surface area contributed by atoms with E-state index in [1.807, 2.05) is 18.2 Å². The predicted octanol–water partition coefficient (Wildman–Crippen LogP) is 4.33. The zero-order chi connectivity index (χ0) is 14.7. The lowest BCUT2D eigenvalue weighted by Crippen LogP contribution is -2.14. The van der Waals surface area contributed by atoms with Crippen LogP contribution in [0.25, 0.3) is 11.0 Å². The maximum Gasteiger partial charge on any atom is 0.112 e. The predicted molar refractivity (Wildman–Crippen MR) is 86.3 cm³/mol. The van der Waals surface area contributed by atoms with Gasteiger partial charge in [-0.3, -0.25) is 0 Å². The second-order valence-corrected chi connectivity index (χ2v) is 6.09. The second-order valence-electron chi connectivity index (χ2n) is 5.66. The number of benzene rings is 1. The number of halogens is 1. The molecule has 0 aliphatic carbocycles. The minimum Gasteiger partial charge on any atom is -0.328 e. The van der Waals surface area contributed by atoms with Crippen LogP contribution in [0.1, 0.15) is 51.8 Å². The zero-order valence-corrected chi connectivity index (χ0v) is 13.3. The molecule has 1 heterocycles. The summed E-state index contributed by atoms with van der Waals surface area (Å²) in [5.41, 5.74) is 7.98. The summed E-state index contributed by atoms with van der Waals surface area (Å²) in [6, 6.07) is 6.20.